The van der Waals surface area contributed by atoms with Gasteiger partial charge in [0.2, 0.25) is 0 Å². The van der Waals surface area contributed by atoms with Crippen molar-refractivity contribution in [2.45, 2.75) is 31.3 Å². The normalized spacial score (nSPS) is 13.1. The highest BCUT2D eigenvalue weighted by molar-refractivity contribution is 7.91. The van der Waals surface area contributed by atoms with E-state index in [2.05, 4.69) is 10.4 Å². The Hall–Kier alpha value is -1.82. The molecule has 20 heavy (non-hydrogen) atoms. The van der Waals surface area contributed by atoms with Gasteiger partial charge in [-0.15, -0.1) is 0 Å². The van der Waals surface area contributed by atoms with Crippen LogP contribution in [0.3, 0.4) is 0 Å². The number of sulfone groups is 1. The first-order chi connectivity index (χ1) is 9.53. The summed E-state index contributed by atoms with van der Waals surface area (Å²) in [4.78, 5) is 0.356. The molecule has 0 saturated heterocycles. The van der Waals surface area contributed by atoms with Gasteiger partial charge < -0.3 is 5.32 Å². The minimum Gasteiger partial charge on any atom is -0.380 e. The second kappa shape index (κ2) is 6.09. The van der Waals surface area contributed by atoms with Crippen LogP contribution >= 0.6 is 0 Å². The molecule has 0 aliphatic carbocycles. The maximum Gasteiger partial charge on any atom is 0.180 e. The van der Waals surface area contributed by atoms with Crippen molar-refractivity contribution in [3.8, 4) is 0 Å². The Kier molecular flexibility index (Phi) is 4.44. The lowest BCUT2D eigenvalue weighted by Crippen LogP contribution is -2.23. The van der Waals surface area contributed by atoms with Gasteiger partial charge >= 0.3 is 0 Å². The third kappa shape index (κ3) is 3.39. The lowest BCUT2D eigenvalue weighted by atomic mass is 10.2. The summed E-state index contributed by atoms with van der Waals surface area (Å²) < 4.78 is 25.9. The molecule has 2 rings (SSSR count). The van der Waals surface area contributed by atoms with Gasteiger partial charge in [0, 0.05) is 18.4 Å². The fraction of sp³-hybridized carbons (Fsp3) is 0.357. The van der Waals surface area contributed by atoms with Crippen LogP contribution in [0.4, 0.5) is 5.69 Å². The second-order valence-electron chi connectivity index (χ2n) is 4.67. The van der Waals surface area contributed by atoms with Crippen LogP contribution in [0.1, 0.15) is 13.8 Å². The van der Waals surface area contributed by atoms with Gasteiger partial charge in [0.05, 0.1) is 22.9 Å². The molecule has 6 heteroatoms. The lowest BCUT2D eigenvalue weighted by molar-refractivity contribution is 0.559. The highest BCUT2D eigenvalue weighted by atomic mass is 32.2. The standard InChI is InChI=1S/C14H19N3O2S/c1-3-20(18,19)14-8-5-4-7-13(14)16-12(2)11-17-10-6-9-15-17/h4-10,12,16H,3,11H2,1-2H3. The van der Waals surface area contributed by atoms with Crippen molar-refractivity contribution in [1.29, 1.82) is 0 Å². The molecular weight excluding hydrogens is 274 g/mol. The summed E-state index contributed by atoms with van der Waals surface area (Å²) in [7, 11) is -3.22. The molecule has 0 radical (unpaired) electrons. The summed E-state index contributed by atoms with van der Waals surface area (Å²) in [5.41, 5.74) is 0.647. The third-order valence-electron chi connectivity index (χ3n) is 3.02. The quantitative estimate of drug-likeness (QED) is 0.886. The fourth-order valence-corrected chi connectivity index (χ4v) is 3.07. The lowest BCUT2D eigenvalue weighted by Gasteiger charge is -2.18. The minimum absolute atomic E-state index is 0.0723. The van der Waals surface area contributed by atoms with E-state index in [1.165, 1.54) is 0 Å². The molecule has 0 bridgehead atoms. The Balaban J connectivity index is 2.17. The number of hydrogen-bond acceptors (Lipinski definition) is 4. The number of para-hydroxylation sites is 1. The molecule has 1 N–H and O–H groups in total. The van der Waals surface area contributed by atoms with Gasteiger partial charge in [0.1, 0.15) is 0 Å². The number of rotatable bonds is 6. The summed E-state index contributed by atoms with van der Waals surface area (Å²) in [5.74, 6) is 0.0965. The summed E-state index contributed by atoms with van der Waals surface area (Å²) >= 11 is 0. The molecule has 1 heterocycles. The predicted octanol–water partition coefficient (Wildman–Crippen LogP) is 2.18. The second-order valence-corrected chi connectivity index (χ2v) is 6.92. The Morgan fingerprint density at radius 3 is 2.70 bits per heavy atom. The number of aromatic nitrogens is 2. The molecule has 5 nitrogen and oxygen atoms in total. The monoisotopic (exact) mass is 293 g/mol. The number of benzene rings is 1. The summed E-state index contributed by atoms with van der Waals surface area (Å²) in [5, 5.41) is 7.39. The molecule has 0 saturated carbocycles. The average Bonchev–Trinajstić information content (AvgIpc) is 2.92. The molecule has 0 amide bonds. The molecule has 0 aliphatic heterocycles. The van der Waals surface area contributed by atoms with Crippen LogP contribution < -0.4 is 5.32 Å². The Bertz CT molecular complexity index is 651. The van der Waals surface area contributed by atoms with Crippen LogP contribution in [-0.4, -0.2) is 30.0 Å². The number of hydrogen-bond donors (Lipinski definition) is 1. The fourth-order valence-electron chi connectivity index (χ4n) is 2.01. The Morgan fingerprint density at radius 1 is 1.30 bits per heavy atom. The SMILES string of the molecule is CCS(=O)(=O)c1ccccc1NC(C)Cn1cccn1. The molecule has 0 fully saturated rings. The van der Waals surface area contributed by atoms with E-state index in [1.54, 1.807) is 31.3 Å². The van der Waals surface area contributed by atoms with E-state index < -0.39 is 9.84 Å². The Labute approximate surface area is 119 Å². The number of anilines is 1. The molecule has 0 spiro atoms. The molecule has 1 atom stereocenters. The molecule has 108 valence electrons. The van der Waals surface area contributed by atoms with Gasteiger partial charge in [0.15, 0.2) is 9.84 Å². The predicted molar refractivity (Wildman–Crippen MR) is 79.5 cm³/mol. The Morgan fingerprint density at radius 2 is 2.05 bits per heavy atom. The van der Waals surface area contributed by atoms with Crippen LogP contribution in [0.15, 0.2) is 47.6 Å². The average molecular weight is 293 g/mol. The van der Waals surface area contributed by atoms with Crippen LogP contribution in [0, 0.1) is 0 Å². The summed E-state index contributed by atoms with van der Waals surface area (Å²) in [6.07, 6.45) is 3.61. The number of nitrogens with zero attached hydrogens (tertiary/aromatic N) is 2. The first-order valence-corrected chi connectivity index (χ1v) is 8.24. The van der Waals surface area contributed by atoms with Crippen LogP contribution in [0.5, 0.6) is 0 Å². The van der Waals surface area contributed by atoms with Gasteiger partial charge in [-0.1, -0.05) is 19.1 Å². The summed E-state index contributed by atoms with van der Waals surface area (Å²) in [6.45, 7) is 4.32. The van der Waals surface area contributed by atoms with E-state index >= 15 is 0 Å². The molecule has 2 aromatic rings. The van der Waals surface area contributed by atoms with E-state index in [0.717, 1.165) is 0 Å². The van der Waals surface area contributed by atoms with Gasteiger partial charge in [-0.05, 0) is 25.1 Å². The topological polar surface area (TPSA) is 64.0 Å². The molecule has 1 aromatic heterocycles. The van der Waals surface area contributed by atoms with Crippen molar-refractivity contribution in [3.63, 3.8) is 0 Å². The zero-order valence-electron chi connectivity index (χ0n) is 11.7. The maximum atomic E-state index is 12.1. The van der Waals surface area contributed by atoms with E-state index in [1.807, 2.05) is 29.9 Å². The molecular formula is C14H19N3O2S. The molecule has 1 unspecified atom stereocenters. The number of nitrogens with one attached hydrogen (secondary N) is 1. The third-order valence-corrected chi connectivity index (χ3v) is 4.81. The van der Waals surface area contributed by atoms with Crippen molar-refractivity contribution in [1.82, 2.24) is 9.78 Å². The zero-order valence-corrected chi connectivity index (χ0v) is 12.5. The smallest absolute Gasteiger partial charge is 0.180 e. The van der Waals surface area contributed by atoms with Crippen molar-refractivity contribution in [2.24, 2.45) is 0 Å². The van der Waals surface area contributed by atoms with Crippen LogP contribution in [0.2, 0.25) is 0 Å². The van der Waals surface area contributed by atoms with E-state index in [-0.39, 0.29) is 11.8 Å². The zero-order chi connectivity index (χ0) is 14.6. The highest BCUT2D eigenvalue weighted by Gasteiger charge is 2.17. The van der Waals surface area contributed by atoms with E-state index in [0.29, 0.717) is 17.1 Å². The maximum absolute atomic E-state index is 12.1. The first-order valence-electron chi connectivity index (χ1n) is 6.58. The largest absolute Gasteiger partial charge is 0.380 e. The van der Waals surface area contributed by atoms with E-state index in [4.69, 9.17) is 0 Å². The van der Waals surface area contributed by atoms with Gasteiger partial charge in [-0.25, -0.2) is 8.42 Å². The van der Waals surface area contributed by atoms with Crippen molar-refractivity contribution in [3.05, 3.63) is 42.7 Å². The van der Waals surface area contributed by atoms with Crippen molar-refractivity contribution < 1.29 is 8.42 Å². The van der Waals surface area contributed by atoms with Crippen molar-refractivity contribution >= 4 is 15.5 Å². The minimum atomic E-state index is -3.22. The highest BCUT2D eigenvalue weighted by Crippen LogP contribution is 2.22. The first kappa shape index (κ1) is 14.6. The van der Waals surface area contributed by atoms with Gasteiger partial charge in [-0.3, -0.25) is 4.68 Å². The molecule has 1 aromatic carbocycles. The molecule has 0 aliphatic rings. The van der Waals surface area contributed by atoms with Gasteiger partial charge in [-0.2, -0.15) is 5.10 Å². The van der Waals surface area contributed by atoms with Crippen LogP contribution in [0.25, 0.3) is 0 Å². The van der Waals surface area contributed by atoms with E-state index in [9.17, 15) is 8.42 Å². The van der Waals surface area contributed by atoms with Crippen LogP contribution in [-0.2, 0) is 16.4 Å². The summed E-state index contributed by atoms with van der Waals surface area (Å²) in [6, 6.07) is 8.94. The van der Waals surface area contributed by atoms with Crippen molar-refractivity contribution in [2.75, 3.05) is 11.1 Å². The van der Waals surface area contributed by atoms with Gasteiger partial charge in [0.25, 0.3) is 0 Å².